The molecule has 48 heavy (non-hydrogen) atoms. The maximum absolute atomic E-state index is 14.4. The molecule has 0 spiro atoms. The van der Waals surface area contributed by atoms with Crippen LogP contribution in [0.5, 0.6) is 0 Å². The summed E-state index contributed by atoms with van der Waals surface area (Å²) in [5.74, 6) is -2.46. The van der Waals surface area contributed by atoms with Crippen molar-refractivity contribution in [2.24, 2.45) is 11.8 Å². The van der Waals surface area contributed by atoms with Crippen LogP contribution >= 0.6 is 0 Å². The van der Waals surface area contributed by atoms with E-state index in [9.17, 15) is 9.59 Å². The second-order valence-electron chi connectivity index (χ2n) is 16.2. The third-order valence-corrected chi connectivity index (χ3v) is 20.4. The van der Waals surface area contributed by atoms with Crippen LogP contribution in [0.1, 0.15) is 67.7 Å². The molecule has 2 bridgehead atoms. The molecule has 3 saturated heterocycles. The van der Waals surface area contributed by atoms with E-state index >= 15 is 0 Å². The van der Waals surface area contributed by atoms with Gasteiger partial charge in [0, 0.05) is 24.7 Å². The Labute approximate surface area is 289 Å². The topological polar surface area (TPSA) is 92.3 Å². The summed E-state index contributed by atoms with van der Waals surface area (Å²) in [5, 5.41) is 4.93. The molecule has 262 valence electrons. The smallest absolute Gasteiger partial charge is 0.267 e. The predicted molar refractivity (Wildman–Crippen MR) is 193 cm³/mol. The number of hydrogen-bond acceptors (Lipinski definition) is 7. The first-order chi connectivity index (χ1) is 22.4. The minimum Gasteiger partial charge on any atom is -0.413 e. The highest BCUT2D eigenvalue weighted by molar-refractivity contribution is 6.99. The van der Waals surface area contributed by atoms with Crippen LogP contribution in [0.2, 0.25) is 23.2 Å². The lowest BCUT2D eigenvalue weighted by Crippen LogP contribution is -2.77. The zero-order valence-electron chi connectivity index (χ0n) is 30.3. The van der Waals surface area contributed by atoms with Gasteiger partial charge in [-0.3, -0.25) is 9.59 Å². The Bertz CT molecular complexity index is 1430. The van der Waals surface area contributed by atoms with Crippen molar-refractivity contribution >= 4 is 38.7 Å². The molecule has 0 aliphatic carbocycles. The second kappa shape index (κ2) is 13.7. The molecular formula is C38H55NO7Si2. The summed E-state index contributed by atoms with van der Waals surface area (Å²) < 4.78 is 33.2. The van der Waals surface area contributed by atoms with E-state index in [1.807, 2.05) is 43.3 Å². The number of benzene rings is 2. The summed E-state index contributed by atoms with van der Waals surface area (Å²) in [5.41, 5.74) is 0.738. The van der Waals surface area contributed by atoms with Crippen LogP contribution in [0.3, 0.4) is 0 Å². The van der Waals surface area contributed by atoms with E-state index in [4.69, 9.17) is 23.1 Å². The van der Waals surface area contributed by atoms with Crippen molar-refractivity contribution in [3.05, 3.63) is 72.8 Å². The Hall–Kier alpha value is -2.45. The third kappa shape index (κ3) is 6.95. The molecule has 0 radical (unpaired) electrons. The Morgan fingerprint density at radius 3 is 2.06 bits per heavy atom. The molecule has 3 aliphatic heterocycles. The standard InChI is InChI=1S/C38H55NO7Si2/c1-11-30(26(2)24-44-47(9,10)36(3,4)5)32(41)34-35-33(42-25-43-34)27-22-31(40)39-38(23-27,45-35)46-48(37(6,7)8,28-18-14-12-15-19-28)29-20-16-13-17-21-29/h12-21,27,30,33-35H,2,11,22-25H2,1,3-10H3,(H,39,40)/t27-,30-,33-,34+,35+,38-/m0/s1. The van der Waals surface area contributed by atoms with Crippen molar-refractivity contribution in [2.75, 3.05) is 13.4 Å². The van der Waals surface area contributed by atoms with Crippen molar-refractivity contribution in [1.82, 2.24) is 5.32 Å². The van der Waals surface area contributed by atoms with Gasteiger partial charge in [-0.1, -0.05) is 116 Å². The van der Waals surface area contributed by atoms with E-state index in [2.05, 4.69) is 90.8 Å². The molecule has 5 rings (SSSR count). The van der Waals surface area contributed by atoms with Gasteiger partial charge in [0.1, 0.15) is 19.0 Å². The largest absolute Gasteiger partial charge is 0.413 e. The molecule has 6 atom stereocenters. The average molecular weight is 694 g/mol. The normalized spacial score (nSPS) is 27.1. The van der Waals surface area contributed by atoms with Gasteiger partial charge in [-0.2, -0.15) is 0 Å². The van der Waals surface area contributed by atoms with Gasteiger partial charge in [0.25, 0.3) is 8.32 Å². The molecule has 3 heterocycles. The highest BCUT2D eigenvalue weighted by atomic mass is 28.4. The van der Waals surface area contributed by atoms with E-state index in [0.29, 0.717) is 19.4 Å². The van der Waals surface area contributed by atoms with Crippen molar-refractivity contribution in [1.29, 1.82) is 0 Å². The van der Waals surface area contributed by atoms with Crippen LogP contribution in [0, 0.1) is 11.8 Å². The molecule has 1 N–H and O–H groups in total. The van der Waals surface area contributed by atoms with Gasteiger partial charge >= 0.3 is 0 Å². The number of piperidine rings is 1. The lowest BCUT2D eigenvalue weighted by atomic mass is 9.79. The number of fused-ring (bicyclic) bond motifs is 4. The third-order valence-electron chi connectivity index (χ3n) is 10.9. The van der Waals surface area contributed by atoms with Crippen LogP contribution in [-0.4, -0.2) is 65.9 Å². The second-order valence-corrected chi connectivity index (χ2v) is 25.3. The minimum atomic E-state index is -3.18. The van der Waals surface area contributed by atoms with Gasteiger partial charge in [-0.25, -0.2) is 0 Å². The quantitative estimate of drug-likeness (QED) is 0.226. The summed E-state index contributed by atoms with van der Waals surface area (Å²) in [7, 11) is -5.24. The minimum absolute atomic E-state index is 0.0353. The van der Waals surface area contributed by atoms with Crippen LogP contribution in [0.25, 0.3) is 0 Å². The number of rotatable bonds is 11. The van der Waals surface area contributed by atoms with Gasteiger partial charge in [-0.05, 0) is 45.5 Å². The highest BCUT2D eigenvalue weighted by Gasteiger charge is 2.63. The number of carbonyl (C=O) groups is 2. The fourth-order valence-electron chi connectivity index (χ4n) is 7.30. The molecule has 0 unspecified atom stereocenters. The lowest BCUT2D eigenvalue weighted by molar-refractivity contribution is -0.354. The van der Waals surface area contributed by atoms with Crippen molar-refractivity contribution in [3.63, 3.8) is 0 Å². The zero-order chi connectivity index (χ0) is 35.1. The van der Waals surface area contributed by atoms with Gasteiger partial charge in [0.15, 0.2) is 14.1 Å². The van der Waals surface area contributed by atoms with E-state index in [1.165, 1.54) is 0 Å². The summed E-state index contributed by atoms with van der Waals surface area (Å²) in [4.78, 5) is 27.9. The van der Waals surface area contributed by atoms with Crippen molar-refractivity contribution in [2.45, 2.75) is 115 Å². The average Bonchev–Trinajstić information content (AvgIpc) is 3.02. The summed E-state index contributed by atoms with van der Waals surface area (Å²) in [6.07, 6.45) is -0.994. The van der Waals surface area contributed by atoms with Gasteiger partial charge in [0.2, 0.25) is 11.8 Å². The molecule has 3 fully saturated rings. The van der Waals surface area contributed by atoms with Crippen LogP contribution in [-0.2, 0) is 32.7 Å². The Morgan fingerprint density at radius 2 is 1.54 bits per heavy atom. The lowest BCUT2D eigenvalue weighted by Gasteiger charge is -2.57. The molecule has 3 aliphatic rings. The summed E-state index contributed by atoms with van der Waals surface area (Å²) in [6, 6.07) is 20.5. The SMILES string of the molecule is C=C(CO[Si](C)(C)C(C)(C)C)[C@H](CC)C(=O)[C@H]1OCO[C@H]2[C@H]3CC(=O)N[C@@](O[Si](c4ccccc4)(c4ccccc4)C(C)(C)C)(C3)O[C@H]21. The molecule has 2 aromatic rings. The van der Waals surface area contributed by atoms with E-state index in [0.717, 1.165) is 15.9 Å². The fraction of sp³-hybridized carbons (Fsp3) is 0.579. The van der Waals surface area contributed by atoms with Crippen molar-refractivity contribution < 1.29 is 32.7 Å². The molecule has 10 heteroatoms. The Kier molecular flexibility index (Phi) is 10.5. The number of Topliss-reactive ketones (excluding diaryl/α,β-unsaturated/α-hetero) is 1. The maximum Gasteiger partial charge on any atom is 0.267 e. The Balaban J connectivity index is 1.51. The summed E-state index contributed by atoms with van der Waals surface area (Å²) >= 11 is 0. The Morgan fingerprint density at radius 1 is 0.958 bits per heavy atom. The summed E-state index contributed by atoms with van der Waals surface area (Å²) in [6.45, 7) is 24.1. The van der Waals surface area contributed by atoms with Gasteiger partial charge < -0.3 is 28.4 Å². The van der Waals surface area contributed by atoms with Gasteiger partial charge in [-0.15, -0.1) is 0 Å². The number of ketones is 1. The molecule has 1 amide bonds. The first-order valence-corrected chi connectivity index (χ1v) is 22.1. The predicted octanol–water partition coefficient (Wildman–Crippen LogP) is 6.06. The number of hydrogen-bond donors (Lipinski definition) is 1. The van der Waals surface area contributed by atoms with Gasteiger partial charge in [0.05, 0.1) is 12.7 Å². The molecule has 8 nitrogen and oxygen atoms in total. The number of carbonyl (C=O) groups excluding carboxylic acids is 2. The molecule has 0 saturated carbocycles. The van der Waals surface area contributed by atoms with E-state index in [1.54, 1.807) is 0 Å². The van der Waals surface area contributed by atoms with Crippen LogP contribution in [0.15, 0.2) is 72.8 Å². The molecular weight excluding hydrogens is 639 g/mol. The number of ether oxygens (including phenoxy) is 3. The first kappa shape index (κ1) is 36.8. The fourth-order valence-corrected chi connectivity index (χ4v) is 12.9. The monoisotopic (exact) mass is 693 g/mol. The first-order valence-electron chi connectivity index (χ1n) is 17.3. The molecule has 0 aromatic heterocycles. The van der Waals surface area contributed by atoms with Crippen LogP contribution < -0.4 is 15.7 Å². The number of amides is 1. The van der Waals surface area contributed by atoms with Crippen molar-refractivity contribution in [3.8, 4) is 0 Å². The van der Waals surface area contributed by atoms with Crippen LogP contribution in [0.4, 0.5) is 0 Å². The number of nitrogens with one attached hydrogen (secondary N) is 1. The zero-order valence-corrected chi connectivity index (χ0v) is 32.3. The maximum atomic E-state index is 14.4. The van der Waals surface area contributed by atoms with E-state index < -0.39 is 46.8 Å². The molecule has 2 aromatic carbocycles. The highest BCUT2D eigenvalue weighted by Crippen LogP contribution is 2.47. The van der Waals surface area contributed by atoms with E-state index in [-0.39, 0.29) is 40.9 Å².